The molecule has 1 aromatic rings. The van der Waals surface area contributed by atoms with Crippen LogP contribution in [0.2, 0.25) is 0 Å². The van der Waals surface area contributed by atoms with Crippen LogP contribution in [0.15, 0.2) is 42.5 Å². The molecule has 2 rings (SSSR count). The van der Waals surface area contributed by atoms with Gasteiger partial charge in [0.15, 0.2) is 0 Å². The Balaban J connectivity index is 2.21. The third-order valence-corrected chi connectivity index (χ3v) is 3.71. The average molecular weight is 287 g/mol. The monoisotopic (exact) mass is 287 g/mol. The molecule has 0 spiro atoms. The molecule has 0 aliphatic carbocycles. The molecule has 0 radical (unpaired) electrons. The fourth-order valence-corrected chi connectivity index (χ4v) is 2.58. The Morgan fingerprint density at radius 2 is 1.86 bits per heavy atom. The van der Waals surface area contributed by atoms with Crippen molar-refractivity contribution in [2.24, 2.45) is 11.8 Å². The maximum absolute atomic E-state index is 12.2. The second kappa shape index (κ2) is 6.79. The van der Waals surface area contributed by atoms with Gasteiger partial charge < -0.3 is 4.74 Å². The van der Waals surface area contributed by atoms with Gasteiger partial charge in [0.05, 0.1) is 6.04 Å². The van der Waals surface area contributed by atoms with Crippen LogP contribution in [0, 0.1) is 11.8 Å². The number of rotatable bonds is 5. The zero-order chi connectivity index (χ0) is 15.4. The van der Waals surface area contributed by atoms with Crippen molar-refractivity contribution in [1.82, 2.24) is 4.90 Å². The van der Waals surface area contributed by atoms with Crippen molar-refractivity contribution in [1.29, 1.82) is 0 Å². The van der Waals surface area contributed by atoms with Gasteiger partial charge in [0.25, 0.3) is 0 Å². The first-order valence-corrected chi connectivity index (χ1v) is 7.68. The molecule has 1 aromatic carbocycles. The van der Waals surface area contributed by atoms with E-state index in [1.54, 1.807) is 0 Å². The molecule has 0 aromatic heterocycles. The van der Waals surface area contributed by atoms with Crippen molar-refractivity contribution in [3.63, 3.8) is 0 Å². The summed E-state index contributed by atoms with van der Waals surface area (Å²) < 4.78 is 5.59. The Morgan fingerprint density at radius 3 is 2.43 bits per heavy atom. The molecule has 0 saturated carbocycles. The number of hydrogen-bond acceptors (Lipinski definition) is 2. The van der Waals surface area contributed by atoms with Crippen molar-refractivity contribution in [3.8, 4) is 0 Å². The van der Waals surface area contributed by atoms with E-state index in [-0.39, 0.29) is 18.2 Å². The molecule has 1 saturated heterocycles. The van der Waals surface area contributed by atoms with Crippen LogP contribution >= 0.6 is 0 Å². The predicted molar refractivity (Wildman–Crippen MR) is 84.9 cm³/mol. The molecule has 0 unspecified atom stereocenters. The Kier molecular flexibility index (Phi) is 5.05. The zero-order valence-electron chi connectivity index (χ0n) is 13.3. The van der Waals surface area contributed by atoms with Crippen molar-refractivity contribution < 1.29 is 9.53 Å². The highest BCUT2D eigenvalue weighted by Crippen LogP contribution is 2.28. The van der Waals surface area contributed by atoms with Crippen molar-refractivity contribution in [2.45, 2.75) is 46.4 Å². The van der Waals surface area contributed by atoms with Gasteiger partial charge in [0.1, 0.15) is 6.10 Å². The van der Waals surface area contributed by atoms with Gasteiger partial charge in [-0.05, 0) is 17.4 Å². The van der Waals surface area contributed by atoms with Crippen molar-refractivity contribution in [2.75, 3.05) is 0 Å². The van der Waals surface area contributed by atoms with E-state index in [2.05, 4.69) is 39.8 Å². The summed E-state index contributed by atoms with van der Waals surface area (Å²) in [5.41, 5.74) is 1.13. The molecule has 3 heteroatoms. The van der Waals surface area contributed by atoms with Gasteiger partial charge in [-0.2, -0.15) is 0 Å². The molecular formula is C18H25NO2. The second-order valence-electron chi connectivity index (χ2n) is 6.33. The summed E-state index contributed by atoms with van der Waals surface area (Å²) in [7, 11) is 0. The van der Waals surface area contributed by atoms with Crippen LogP contribution in [-0.2, 0) is 11.3 Å². The third-order valence-electron chi connectivity index (χ3n) is 3.71. The van der Waals surface area contributed by atoms with Crippen LogP contribution in [0.1, 0.15) is 33.3 Å². The first kappa shape index (κ1) is 15.6. The van der Waals surface area contributed by atoms with E-state index in [9.17, 15) is 4.79 Å². The Labute approximate surface area is 127 Å². The van der Waals surface area contributed by atoms with Gasteiger partial charge in [-0.1, -0.05) is 70.2 Å². The highest BCUT2D eigenvalue weighted by Gasteiger charge is 2.41. The minimum Gasteiger partial charge on any atom is -0.443 e. The fourth-order valence-electron chi connectivity index (χ4n) is 2.58. The van der Waals surface area contributed by atoms with Crippen molar-refractivity contribution in [3.05, 3.63) is 48.0 Å². The van der Waals surface area contributed by atoms with E-state index < -0.39 is 0 Å². The normalized spacial score (nSPS) is 22.6. The van der Waals surface area contributed by atoms with Crippen molar-refractivity contribution >= 4 is 6.09 Å². The number of cyclic esters (lactones) is 1. The number of allylic oxidation sites excluding steroid dienone is 1. The van der Waals surface area contributed by atoms with E-state index in [0.29, 0.717) is 18.4 Å². The molecule has 114 valence electrons. The lowest BCUT2D eigenvalue weighted by Gasteiger charge is -2.24. The number of hydrogen-bond donors (Lipinski definition) is 0. The molecule has 1 aliphatic heterocycles. The van der Waals surface area contributed by atoms with Crippen LogP contribution < -0.4 is 0 Å². The lowest BCUT2D eigenvalue weighted by Crippen LogP contribution is -2.36. The van der Waals surface area contributed by atoms with Gasteiger partial charge in [-0.25, -0.2) is 4.79 Å². The maximum atomic E-state index is 12.2. The number of carbonyl (C=O) groups excluding carboxylic acids is 1. The van der Waals surface area contributed by atoms with Crippen LogP contribution in [0.3, 0.4) is 0 Å². The third kappa shape index (κ3) is 3.87. The Bertz CT molecular complexity index is 493. The molecule has 21 heavy (non-hydrogen) atoms. The van der Waals surface area contributed by atoms with Gasteiger partial charge in [-0.3, -0.25) is 4.90 Å². The number of amides is 1. The number of ether oxygens (including phenoxy) is 1. The molecule has 3 nitrogen and oxygen atoms in total. The summed E-state index contributed by atoms with van der Waals surface area (Å²) in [5.74, 6) is 0.767. The van der Waals surface area contributed by atoms with E-state index in [4.69, 9.17) is 4.74 Å². The van der Waals surface area contributed by atoms with Crippen LogP contribution in [0.5, 0.6) is 0 Å². The van der Waals surface area contributed by atoms with E-state index in [1.165, 1.54) is 0 Å². The molecule has 1 amide bonds. The topological polar surface area (TPSA) is 29.5 Å². The quantitative estimate of drug-likeness (QED) is 0.758. The maximum Gasteiger partial charge on any atom is 0.411 e. The van der Waals surface area contributed by atoms with Gasteiger partial charge in [-0.15, -0.1) is 0 Å². The smallest absolute Gasteiger partial charge is 0.411 e. The second-order valence-corrected chi connectivity index (χ2v) is 6.33. The number of benzene rings is 1. The highest BCUT2D eigenvalue weighted by atomic mass is 16.6. The van der Waals surface area contributed by atoms with Gasteiger partial charge >= 0.3 is 6.09 Å². The largest absolute Gasteiger partial charge is 0.443 e. The molecule has 0 N–H and O–H groups in total. The molecule has 1 heterocycles. The lowest BCUT2D eigenvalue weighted by molar-refractivity contribution is 0.107. The number of nitrogens with zero attached hydrogens (tertiary/aromatic N) is 1. The first-order chi connectivity index (χ1) is 9.99. The summed E-state index contributed by atoms with van der Waals surface area (Å²) >= 11 is 0. The van der Waals surface area contributed by atoms with E-state index in [0.717, 1.165) is 5.56 Å². The minimum absolute atomic E-state index is 0.0140. The number of carbonyl (C=O) groups is 1. The molecule has 0 bridgehead atoms. The van der Waals surface area contributed by atoms with E-state index in [1.807, 2.05) is 35.2 Å². The summed E-state index contributed by atoms with van der Waals surface area (Å²) in [6.45, 7) is 9.07. The summed E-state index contributed by atoms with van der Waals surface area (Å²) in [5, 5.41) is 0. The van der Waals surface area contributed by atoms with Gasteiger partial charge in [0.2, 0.25) is 0 Å². The minimum atomic E-state index is -0.212. The lowest BCUT2D eigenvalue weighted by atomic mass is 9.97. The van der Waals surface area contributed by atoms with Crippen LogP contribution in [0.4, 0.5) is 4.79 Å². The van der Waals surface area contributed by atoms with Crippen LogP contribution in [-0.4, -0.2) is 23.1 Å². The van der Waals surface area contributed by atoms with Gasteiger partial charge in [0, 0.05) is 6.54 Å². The summed E-state index contributed by atoms with van der Waals surface area (Å²) in [6, 6.07) is 10.1. The fraction of sp³-hybridized carbons (Fsp3) is 0.500. The molecule has 1 aliphatic rings. The SMILES string of the molecule is CC(C)/C=C/[C@H]1[C@H](C(C)C)OC(=O)N1Cc1ccccc1. The Morgan fingerprint density at radius 1 is 1.19 bits per heavy atom. The molecular weight excluding hydrogens is 262 g/mol. The van der Waals surface area contributed by atoms with Crippen LogP contribution in [0.25, 0.3) is 0 Å². The zero-order valence-corrected chi connectivity index (χ0v) is 13.3. The van der Waals surface area contributed by atoms with E-state index >= 15 is 0 Å². The first-order valence-electron chi connectivity index (χ1n) is 7.68. The predicted octanol–water partition coefficient (Wildman–Crippen LogP) is 4.24. The summed E-state index contributed by atoms with van der Waals surface area (Å²) in [6.07, 6.45) is 4.00. The highest BCUT2D eigenvalue weighted by molar-refractivity contribution is 5.71. The Hall–Kier alpha value is -1.77. The standard InChI is InChI=1S/C18H25NO2/c1-13(2)10-11-16-17(14(3)4)21-18(20)19(16)12-15-8-6-5-7-9-15/h5-11,13-14,16-17H,12H2,1-4H3/b11-10+/t16-,17-/m0/s1. The average Bonchev–Trinajstić information content (AvgIpc) is 2.75. The molecule has 1 fully saturated rings. The summed E-state index contributed by atoms with van der Waals surface area (Å²) in [4.78, 5) is 14.1. The molecule has 2 atom stereocenters.